The number of aliphatic hydroxyl groups excluding tert-OH is 6. The van der Waals surface area contributed by atoms with Crippen LogP contribution in [-0.2, 0) is 24.1 Å². The van der Waals surface area contributed by atoms with E-state index in [4.69, 9.17) is 13.7 Å². The molecule has 48 heavy (non-hydrogen) atoms. The quantitative estimate of drug-likeness (QED) is 0.142. The molecule has 5 fully saturated rings. The fraction of sp³-hybridized carbons (Fsp3) is 1.00. The van der Waals surface area contributed by atoms with Crippen molar-refractivity contribution < 1.29 is 62.4 Å². The molecule has 8 N–H and O–H groups in total. The predicted octanol–water partition coefficient (Wildman–Crippen LogP) is 1.39. The lowest BCUT2D eigenvalue weighted by Crippen LogP contribution is -2.69. The van der Waals surface area contributed by atoms with E-state index in [-0.39, 0.29) is 49.2 Å². The lowest BCUT2D eigenvalue weighted by molar-refractivity contribution is -0.273. The molecule has 5 rings (SSSR count). The maximum atomic E-state index is 12.7. The molecule has 0 amide bonds. The molecule has 280 valence electrons. The van der Waals surface area contributed by atoms with Gasteiger partial charge in [-0.15, -0.1) is 0 Å². The number of rotatable bonds is 11. The Morgan fingerprint density at radius 2 is 1.58 bits per heavy atom. The Hall–Kier alpha value is -0.490. The van der Waals surface area contributed by atoms with Gasteiger partial charge in [-0.3, -0.25) is 4.55 Å². The fourth-order valence-corrected chi connectivity index (χ4v) is 12.1. The van der Waals surface area contributed by atoms with Crippen molar-refractivity contribution in [3.05, 3.63) is 0 Å². The first-order valence-electron chi connectivity index (χ1n) is 18.0. The average molecular weight is 709 g/mol. The van der Waals surface area contributed by atoms with Crippen LogP contribution in [0.25, 0.3) is 0 Å². The molecule has 1 heterocycles. The monoisotopic (exact) mass is 708 g/mol. The number of aliphatic hydroxyl groups is 7. The van der Waals surface area contributed by atoms with E-state index in [1.165, 1.54) is 0 Å². The van der Waals surface area contributed by atoms with Gasteiger partial charge in [-0.25, -0.2) is 4.18 Å². The zero-order valence-electron chi connectivity index (χ0n) is 29.0. The maximum absolute atomic E-state index is 12.7. The molecule has 18 atom stereocenters. The van der Waals surface area contributed by atoms with Crippen molar-refractivity contribution in [2.45, 2.75) is 147 Å². The molecular weight excluding hydrogens is 648 g/mol. The largest absolute Gasteiger partial charge is 0.397 e. The summed E-state index contributed by atoms with van der Waals surface area (Å²) in [5.74, 6) is -1.81. The molecule has 5 aliphatic rings. The predicted molar refractivity (Wildman–Crippen MR) is 172 cm³/mol. The average Bonchev–Trinajstić information content (AvgIpc) is 3.21. The highest BCUT2D eigenvalue weighted by atomic mass is 32.3. The van der Waals surface area contributed by atoms with Gasteiger partial charge in [0.05, 0.1) is 37.1 Å². The zero-order valence-corrected chi connectivity index (χ0v) is 29.8. The molecule has 13 nitrogen and oxygen atoms in total. The normalized spacial score (nSPS) is 49.8. The first-order chi connectivity index (χ1) is 22.3. The third-order valence-corrected chi connectivity index (χ3v) is 14.4. The molecule has 0 radical (unpaired) electrons. The molecule has 0 aromatic rings. The van der Waals surface area contributed by atoms with Gasteiger partial charge in [0.2, 0.25) is 0 Å². The van der Waals surface area contributed by atoms with Crippen LogP contribution in [0.3, 0.4) is 0 Å². The van der Waals surface area contributed by atoms with Crippen molar-refractivity contribution in [1.82, 2.24) is 0 Å². The third-order valence-electron chi connectivity index (χ3n) is 13.9. The zero-order chi connectivity index (χ0) is 35.6. The van der Waals surface area contributed by atoms with Crippen LogP contribution in [0.5, 0.6) is 0 Å². The molecule has 0 aromatic heterocycles. The fourth-order valence-electron chi connectivity index (χ4n) is 11.6. The van der Waals surface area contributed by atoms with E-state index in [0.29, 0.717) is 38.5 Å². The van der Waals surface area contributed by atoms with Crippen LogP contribution in [0.2, 0.25) is 0 Å². The number of hydrogen-bond acceptors (Lipinski definition) is 12. The highest BCUT2D eigenvalue weighted by Crippen LogP contribution is 2.70. The van der Waals surface area contributed by atoms with E-state index in [1.54, 1.807) is 0 Å². The van der Waals surface area contributed by atoms with Crippen LogP contribution < -0.4 is 0 Å². The number of fused-ring (bicyclic) bond motifs is 5. The van der Waals surface area contributed by atoms with Gasteiger partial charge >= 0.3 is 10.4 Å². The van der Waals surface area contributed by atoms with Crippen molar-refractivity contribution >= 4 is 10.4 Å². The van der Waals surface area contributed by atoms with Gasteiger partial charge in [-0.2, -0.15) is 8.42 Å². The summed E-state index contributed by atoms with van der Waals surface area (Å²) in [5.41, 5.74) is -2.85. The first kappa shape index (κ1) is 38.7. The van der Waals surface area contributed by atoms with Crippen molar-refractivity contribution in [1.29, 1.82) is 0 Å². The van der Waals surface area contributed by atoms with Crippen molar-refractivity contribution in [3.8, 4) is 0 Å². The topological polar surface area (TPSA) is 224 Å². The molecule has 4 aliphatic carbocycles. The van der Waals surface area contributed by atoms with E-state index in [2.05, 4.69) is 13.8 Å². The maximum Gasteiger partial charge on any atom is 0.397 e. The van der Waals surface area contributed by atoms with Crippen LogP contribution >= 0.6 is 0 Å². The summed E-state index contributed by atoms with van der Waals surface area (Å²) in [6.45, 7) is 10.3. The van der Waals surface area contributed by atoms with Crippen LogP contribution in [-0.4, -0.2) is 117 Å². The van der Waals surface area contributed by atoms with Gasteiger partial charge in [-0.05, 0) is 84.9 Å². The van der Waals surface area contributed by atoms with Crippen LogP contribution in [0.4, 0.5) is 0 Å². The third kappa shape index (κ3) is 6.88. The van der Waals surface area contributed by atoms with E-state index < -0.39 is 87.7 Å². The van der Waals surface area contributed by atoms with E-state index in [0.717, 1.165) is 12.8 Å². The molecule has 14 heteroatoms. The highest BCUT2D eigenvalue weighted by molar-refractivity contribution is 7.80. The summed E-state index contributed by atoms with van der Waals surface area (Å²) in [7, 11) is -5.00. The second-order valence-corrected chi connectivity index (χ2v) is 17.7. The Bertz CT molecular complexity index is 1220. The van der Waals surface area contributed by atoms with Gasteiger partial charge in [0.15, 0.2) is 6.29 Å². The SMILES string of the molecule is CCC(CCC(C)C1[C@@H](O)C(OS(=O)(=O)O)C2[C@]1(C)CCC1[C@@]3(C)CC[C@H](O)CC3[C@H](O)C[C@]12O)C(C)COC1OCC(O)C(O)C1O. The number of hydrogen-bond donors (Lipinski definition) is 8. The molecular formula is C34H60O13S. The lowest BCUT2D eigenvalue weighted by atomic mass is 9.42. The van der Waals surface area contributed by atoms with E-state index >= 15 is 0 Å². The molecule has 4 saturated carbocycles. The summed E-state index contributed by atoms with van der Waals surface area (Å²) in [5, 5.41) is 76.5. The second-order valence-electron chi connectivity index (χ2n) is 16.7. The Morgan fingerprint density at radius 3 is 2.23 bits per heavy atom. The van der Waals surface area contributed by atoms with Crippen LogP contribution in [0, 0.1) is 52.3 Å². The van der Waals surface area contributed by atoms with E-state index in [9.17, 15) is 48.7 Å². The Morgan fingerprint density at radius 1 is 0.917 bits per heavy atom. The van der Waals surface area contributed by atoms with E-state index in [1.807, 2.05) is 20.8 Å². The standard InChI is InChI=1S/C34H60O13S/c1-6-19(18(3)15-45-31-28(40)26(38)23(37)16-46-31)8-7-17(2)25-27(39)29(47-48(42,43)44)30-33(25,5)12-10-24-32(4)11-9-20(35)13-21(32)22(36)14-34(24,30)41/h17-31,35-41H,6-16H2,1-5H3,(H,42,43,44)/t17?,18?,19?,20-,21?,22+,23?,24?,25?,26?,27+,28?,29?,30?,31?,32-,33+,34-/m0/s1. The van der Waals surface area contributed by atoms with Gasteiger partial charge in [0.1, 0.15) is 24.4 Å². The van der Waals surface area contributed by atoms with Crippen molar-refractivity contribution in [2.75, 3.05) is 13.2 Å². The van der Waals surface area contributed by atoms with Crippen molar-refractivity contribution in [2.24, 2.45) is 52.3 Å². The molecule has 0 bridgehead atoms. The van der Waals surface area contributed by atoms with Gasteiger partial charge in [0, 0.05) is 12.3 Å². The summed E-state index contributed by atoms with van der Waals surface area (Å²) >= 11 is 0. The molecule has 0 spiro atoms. The van der Waals surface area contributed by atoms with Gasteiger partial charge < -0.3 is 45.2 Å². The lowest BCUT2D eigenvalue weighted by Gasteiger charge is -2.66. The summed E-state index contributed by atoms with van der Waals surface area (Å²) in [4.78, 5) is 0. The molecule has 0 aromatic carbocycles. The first-order valence-corrected chi connectivity index (χ1v) is 19.3. The second kappa shape index (κ2) is 14.1. The highest BCUT2D eigenvalue weighted by Gasteiger charge is 2.73. The number of ether oxygens (including phenoxy) is 2. The van der Waals surface area contributed by atoms with Crippen LogP contribution in [0.15, 0.2) is 0 Å². The summed E-state index contributed by atoms with van der Waals surface area (Å²) in [6.07, 6.45) is -4.14. The molecule has 12 unspecified atom stereocenters. The molecule has 1 aliphatic heterocycles. The van der Waals surface area contributed by atoms with Crippen LogP contribution in [0.1, 0.15) is 92.4 Å². The van der Waals surface area contributed by atoms with Gasteiger partial charge in [0.25, 0.3) is 0 Å². The smallest absolute Gasteiger partial charge is 0.393 e. The minimum atomic E-state index is -5.00. The Balaban J connectivity index is 1.34. The Kier molecular flexibility index (Phi) is 11.4. The van der Waals surface area contributed by atoms with Gasteiger partial charge in [-0.1, -0.05) is 47.5 Å². The summed E-state index contributed by atoms with van der Waals surface area (Å²) < 4.78 is 50.7. The summed E-state index contributed by atoms with van der Waals surface area (Å²) in [6, 6.07) is 0. The molecule has 1 saturated heterocycles. The van der Waals surface area contributed by atoms with Crippen molar-refractivity contribution in [3.63, 3.8) is 0 Å². The Labute approximate surface area is 284 Å². The minimum absolute atomic E-state index is 0.0329. The minimum Gasteiger partial charge on any atom is -0.393 e.